The van der Waals surface area contributed by atoms with Gasteiger partial charge in [0, 0.05) is 24.7 Å². The average molecular weight is 607 g/mol. The van der Waals surface area contributed by atoms with Crippen LogP contribution in [0.25, 0.3) is 32.9 Å². The molecule has 43 heavy (non-hydrogen) atoms. The van der Waals surface area contributed by atoms with Gasteiger partial charge in [-0.3, -0.25) is 9.88 Å². The van der Waals surface area contributed by atoms with E-state index < -0.39 is 53.5 Å². The third-order valence-electron chi connectivity index (χ3n) is 8.22. The van der Waals surface area contributed by atoms with E-state index in [9.17, 15) is 22.0 Å². The Hall–Kier alpha value is -3.87. The third kappa shape index (κ3) is 5.39. The SMILES string of the molecule is CCc1c(F)ccc2cc(OC)cc(-c3ncc4c(OCC(F)(F)F)nc(OC[C@@]56CCCN5C[C@H](F)C6)nc4c3F)c12. The van der Waals surface area contributed by atoms with Crippen molar-refractivity contribution in [2.45, 2.75) is 50.5 Å². The number of ether oxygens (including phenoxy) is 3. The van der Waals surface area contributed by atoms with Crippen LogP contribution in [0.1, 0.15) is 31.7 Å². The van der Waals surface area contributed by atoms with Crippen molar-refractivity contribution in [2.75, 3.05) is 33.4 Å². The zero-order valence-corrected chi connectivity index (χ0v) is 23.4. The third-order valence-corrected chi connectivity index (χ3v) is 8.22. The number of rotatable bonds is 8. The molecule has 0 N–H and O–H groups in total. The average Bonchev–Trinajstić information content (AvgIpc) is 3.50. The summed E-state index contributed by atoms with van der Waals surface area (Å²) < 4.78 is 101. The zero-order valence-electron chi connectivity index (χ0n) is 23.4. The van der Waals surface area contributed by atoms with Crippen LogP contribution >= 0.6 is 0 Å². The van der Waals surface area contributed by atoms with Gasteiger partial charge in [0.2, 0.25) is 5.88 Å². The number of nitrogens with zero attached hydrogens (tertiary/aromatic N) is 4. The lowest BCUT2D eigenvalue weighted by Gasteiger charge is -2.30. The van der Waals surface area contributed by atoms with Crippen LogP contribution in [0.5, 0.6) is 17.6 Å². The number of aromatic nitrogens is 3. The van der Waals surface area contributed by atoms with Crippen LogP contribution in [0, 0.1) is 11.6 Å². The Balaban J connectivity index is 1.49. The standard InChI is InChI=1S/C30H28F6N4O3/c1-3-19-22(32)6-5-16-9-18(41-2)10-20(23(16)19)25-24(33)26-21(12-37-25)27(42-15-30(34,35)36)39-28(38-26)43-14-29-7-4-8-40(29)13-17(31)11-29/h5-6,9-10,12,17H,3-4,7-8,11,13-15H2,1-2H3/t17-,29+/m1/s1. The van der Waals surface area contributed by atoms with E-state index >= 15 is 4.39 Å². The van der Waals surface area contributed by atoms with Crippen LogP contribution < -0.4 is 14.2 Å². The van der Waals surface area contributed by atoms with Crippen molar-refractivity contribution in [3.05, 3.63) is 47.7 Å². The predicted octanol–water partition coefficient (Wildman–Crippen LogP) is 6.59. The van der Waals surface area contributed by atoms with Crippen molar-refractivity contribution in [2.24, 2.45) is 0 Å². The van der Waals surface area contributed by atoms with Crippen molar-refractivity contribution in [1.82, 2.24) is 19.9 Å². The number of benzene rings is 2. The summed E-state index contributed by atoms with van der Waals surface area (Å²) in [6, 6.07) is 5.64. The number of pyridine rings is 1. The lowest BCUT2D eigenvalue weighted by Crippen LogP contribution is -2.43. The largest absolute Gasteiger partial charge is 0.497 e. The molecule has 0 saturated carbocycles. The summed E-state index contributed by atoms with van der Waals surface area (Å²) in [5.74, 6) is -1.68. The zero-order chi connectivity index (χ0) is 30.5. The van der Waals surface area contributed by atoms with Gasteiger partial charge in [0.15, 0.2) is 12.4 Å². The number of hydrogen-bond acceptors (Lipinski definition) is 7. The van der Waals surface area contributed by atoms with Crippen molar-refractivity contribution < 1.29 is 40.6 Å². The van der Waals surface area contributed by atoms with Gasteiger partial charge in [0.25, 0.3) is 0 Å². The number of fused-ring (bicyclic) bond motifs is 3. The second-order valence-corrected chi connectivity index (χ2v) is 10.9. The Morgan fingerprint density at radius 3 is 2.67 bits per heavy atom. The Kier molecular flexibility index (Phi) is 7.47. The fourth-order valence-electron chi connectivity index (χ4n) is 6.31. The van der Waals surface area contributed by atoms with Gasteiger partial charge >= 0.3 is 12.2 Å². The maximum atomic E-state index is 16.4. The van der Waals surface area contributed by atoms with Gasteiger partial charge < -0.3 is 14.2 Å². The summed E-state index contributed by atoms with van der Waals surface area (Å²) in [5.41, 5.74) is -0.676. The molecule has 0 amide bonds. The first-order valence-electron chi connectivity index (χ1n) is 13.9. The highest BCUT2D eigenvalue weighted by Crippen LogP contribution is 2.42. The quantitative estimate of drug-likeness (QED) is 0.210. The fraction of sp³-hybridized carbons (Fsp3) is 0.433. The highest BCUT2D eigenvalue weighted by atomic mass is 19.4. The van der Waals surface area contributed by atoms with Gasteiger partial charge in [-0.2, -0.15) is 23.1 Å². The molecule has 0 spiro atoms. The molecular formula is C30H28F6N4O3. The van der Waals surface area contributed by atoms with Crippen LogP contribution in [-0.2, 0) is 6.42 Å². The van der Waals surface area contributed by atoms with Crippen LogP contribution in [0.4, 0.5) is 26.3 Å². The van der Waals surface area contributed by atoms with E-state index in [1.54, 1.807) is 19.1 Å². The van der Waals surface area contributed by atoms with Gasteiger partial charge in [-0.05, 0) is 60.3 Å². The highest BCUT2D eigenvalue weighted by molar-refractivity contribution is 6.01. The van der Waals surface area contributed by atoms with Crippen molar-refractivity contribution >= 4 is 21.7 Å². The van der Waals surface area contributed by atoms with E-state index in [-0.39, 0.29) is 36.2 Å². The van der Waals surface area contributed by atoms with Crippen LogP contribution in [-0.4, -0.2) is 71.2 Å². The molecule has 0 unspecified atom stereocenters. The topological polar surface area (TPSA) is 69.6 Å². The molecule has 4 aromatic rings. The molecule has 2 saturated heterocycles. The van der Waals surface area contributed by atoms with Gasteiger partial charge in [0.05, 0.1) is 18.0 Å². The van der Waals surface area contributed by atoms with Gasteiger partial charge in [-0.1, -0.05) is 13.0 Å². The van der Waals surface area contributed by atoms with Crippen LogP contribution in [0.15, 0.2) is 30.5 Å². The van der Waals surface area contributed by atoms with Crippen molar-refractivity contribution in [1.29, 1.82) is 0 Å². The summed E-state index contributed by atoms with van der Waals surface area (Å²) in [6.45, 7) is 0.998. The molecular weight excluding hydrogens is 578 g/mol. The monoisotopic (exact) mass is 606 g/mol. The maximum absolute atomic E-state index is 16.4. The molecule has 2 fully saturated rings. The number of methoxy groups -OCH3 is 1. The molecule has 2 aliphatic heterocycles. The molecule has 6 rings (SSSR count). The summed E-state index contributed by atoms with van der Waals surface area (Å²) in [7, 11) is 1.43. The number of hydrogen-bond donors (Lipinski definition) is 0. The van der Waals surface area contributed by atoms with E-state index in [0.717, 1.165) is 12.6 Å². The first-order chi connectivity index (χ1) is 20.5. The minimum Gasteiger partial charge on any atom is -0.497 e. The smallest absolute Gasteiger partial charge is 0.422 e. The summed E-state index contributed by atoms with van der Waals surface area (Å²) in [5, 5.41) is 0.783. The minimum atomic E-state index is -4.70. The van der Waals surface area contributed by atoms with E-state index in [1.807, 2.05) is 4.90 Å². The Morgan fingerprint density at radius 2 is 1.93 bits per heavy atom. The molecule has 7 nitrogen and oxygen atoms in total. The van der Waals surface area contributed by atoms with Gasteiger partial charge in [0.1, 0.15) is 35.6 Å². The van der Waals surface area contributed by atoms with Crippen molar-refractivity contribution in [3.63, 3.8) is 0 Å². The fourth-order valence-corrected chi connectivity index (χ4v) is 6.31. The molecule has 2 aliphatic rings. The molecule has 4 heterocycles. The second-order valence-electron chi connectivity index (χ2n) is 10.9. The molecule has 13 heteroatoms. The maximum Gasteiger partial charge on any atom is 0.422 e. The molecule has 0 bridgehead atoms. The molecule has 2 aromatic carbocycles. The van der Waals surface area contributed by atoms with Crippen molar-refractivity contribution in [3.8, 4) is 28.9 Å². The molecule has 0 aliphatic carbocycles. The van der Waals surface area contributed by atoms with Gasteiger partial charge in [-0.25, -0.2) is 13.2 Å². The van der Waals surface area contributed by atoms with Crippen LogP contribution in [0.2, 0.25) is 0 Å². The predicted molar refractivity (Wildman–Crippen MR) is 146 cm³/mol. The molecule has 2 atom stereocenters. The normalized spacial score (nSPS) is 20.6. The summed E-state index contributed by atoms with van der Waals surface area (Å²) in [6.07, 6.45) is -2.58. The Morgan fingerprint density at radius 1 is 1.12 bits per heavy atom. The molecule has 0 radical (unpaired) electrons. The summed E-state index contributed by atoms with van der Waals surface area (Å²) >= 11 is 0. The Bertz CT molecular complexity index is 1700. The first kappa shape index (κ1) is 29.2. The molecule has 228 valence electrons. The highest BCUT2D eigenvalue weighted by Gasteiger charge is 2.49. The second kappa shape index (κ2) is 11.0. The van der Waals surface area contributed by atoms with Crippen LogP contribution in [0.3, 0.4) is 0 Å². The summed E-state index contributed by atoms with van der Waals surface area (Å²) in [4.78, 5) is 14.4. The first-order valence-corrected chi connectivity index (χ1v) is 13.9. The Labute approximate surface area is 242 Å². The van der Waals surface area contributed by atoms with E-state index in [2.05, 4.69) is 15.0 Å². The lowest BCUT2D eigenvalue weighted by molar-refractivity contribution is -0.153. The minimum absolute atomic E-state index is 0.0309. The van der Waals surface area contributed by atoms with E-state index in [4.69, 9.17) is 14.2 Å². The number of halogens is 6. The van der Waals surface area contributed by atoms with E-state index in [1.165, 1.54) is 19.2 Å². The number of alkyl halides is 4. The van der Waals surface area contributed by atoms with E-state index in [0.29, 0.717) is 41.5 Å². The molecule has 2 aromatic heterocycles. The number of aryl methyl sites for hydroxylation is 1. The van der Waals surface area contributed by atoms with Gasteiger partial charge in [-0.15, -0.1) is 0 Å². The lowest BCUT2D eigenvalue weighted by atomic mass is 9.94.